The molecule has 2 aromatic carbocycles. The second-order valence-electron chi connectivity index (χ2n) is 7.56. The number of carbonyl (C=O) groups is 2. The van der Waals surface area contributed by atoms with Crippen LogP contribution < -0.4 is 15.4 Å². The molecule has 2 N–H and O–H groups in total. The van der Waals surface area contributed by atoms with E-state index < -0.39 is 0 Å². The van der Waals surface area contributed by atoms with Crippen LogP contribution in [0, 0.1) is 0 Å². The predicted molar refractivity (Wildman–Crippen MR) is 124 cm³/mol. The molecule has 0 fully saturated rings. The molecule has 8 heteroatoms. The smallest absolute Gasteiger partial charge is 0.286 e. The molecular formula is C25H26N4O4. The van der Waals surface area contributed by atoms with Crippen LogP contribution in [0.15, 0.2) is 71.3 Å². The minimum atomic E-state index is -0.244. The first kappa shape index (κ1) is 22.1. The van der Waals surface area contributed by atoms with E-state index in [-0.39, 0.29) is 24.1 Å². The van der Waals surface area contributed by atoms with Gasteiger partial charge in [-0.1, -0.05) is 24.3 Å². The topological polar surface area (TPSA) is 98.4 Å². The largest absolute Gasteiger partial charge is 0.497 e. The van der Waals surface area contributed by atoms with Crippen LogP contribution in [0.1, 0.15) is 28.4 Å². The first-order chi connectivity index (χ1) is 16.1. The molecule has 0 radical (unpaired) electrons. The van der Waals surface area contributed by atoms with E-state index in [2.05, 4.69) is 10.6 Å². The quantitative estimate of drug-likeness (QED) is 0.364. The van der Waals surface area contributed by atoms with Crippen molar-refractivity contribution >= 4 is 22.8 Å². The highest BCUT2D eigenvalue weighted by atomic mass is 16.5. The number of hydrogen-bond donors (Lipinski definition) is 2. The predicted octanol–water partition coefficient (Wildman–Crippen LogP) is 3.32. The molecule has 0 saturated carbocycles. The van der Waals surface area contributed by atoms with Gasteiger partial charge in [-0.2, -0.15) is 0 Å². The molecule has 2 amide bonds. The summed E-state index contributed by atoms with van der Waals surface area (Å²) in [4.78, 5) is 29.4. The van der Waals surface area contributed by atoms with Crippen molar-refractivity contribution in [1.82, 2.24) is 20.2 Å². The van der Waals surface area contributed by atoms with Gasteiger partial charge in [-0.3, -0.25) is 9.59 Å². The lowest BCUT2D eigenvalue weighted by atomic mass is 10.2. The molecule has 0 unspecified atom stereocenters. The lowest BCUT2D eigenvalue weighted by molar-refractivity contribution is -0.121. The molecule has 4 aromatic rings. The number of hydrogen-bond acceptors (Lipinski definition) is 5. The number of para-hydroxylation sites is 2. The molecule has 8 nitrogen and oxygen atoms in total. The van der Waals surface area contributed by atoms with Gasteiger partial charge in [0.05, 0.1) is 24.4 Å². The average molecular weight is 447 g/mol. The summed E-state index contributed by atoms with van der Waals surface area (Å²) in [5.74, 6) is 1.53. The van der Waals surface area contributed by atoms with Crippen LogP contribution >= 0.6 is 0 Å². The zero-order chi connectivity index (χ0) is 23.0. The SMILES string of the molecule is COc1ccc(CNC(=O)Cn2c(CCCNC(=O)c3ccco3)nc3ccccc32)cc1. The van der Waals surface area contributed by atoms with Crippen LogP contribution in [0.25, 0.3) is 11.0 Å². The Morgan fingerprint density at radius 3 is 2.61 bits per heavy atom. The fourth-order valence-electron chi connectivity index (χ4n) is 3.58. The number of fused-ring (bicyclic) bond motifs is 1. The van der Waals surface area contributed by atoms with E-state index in [0.29, 0.717) is 25.9 Å². The molecule has 170 valence electrons. The van der Waals surface area contributed by atoms with Gasteiger partial charge in [0.2, 0.25) is 5.91 Å². The highest BCUT2D eigenvalue weighted by molar-refractivity contribution is 5.91. The van der Waals surface area contributed by atoms with Gasteiger partial charge in [-0.15, -0.1) is 0 Å². The molecule has 0 aliphatic carbocycles. The summed E-state index contributed by atoms with van der Waals surface area (Å²) in [6.07, 6.45) is 2.78. The first-order valence-corrected chi connectivity index (χ1v) is 10.8. The fourth-order valence-corrected chi connectivity index (χ4v) is 3.58. The van der Waals surface area contributed by atoms with Gasteiger partial charge < -0.3 is 24.4 Å². The summed E-state index contributed by atoms with van der Waals surface area (Å²) >= 11 is 0. The van der Waals surface area contributed by atoms with E-state index in [0.717, 1.165) is 28.2 Å². The third-order valence-corrected chi connectivity index (χ3v) is 5.29. The van der Waals surface area contributed by atoms with Gasteiger partial charge >= 0.3 is 0 Å². The number of nitrogens with zero attached hydrogens (tertiary/aromatic N) is 2. The average Bonchev–Trinajstić information content (AvgIpc) is 3.50. The molecule has 2 aromatic heterocycles. The highest BCUT2D eigenvalue weighted by Crippen LogP contribution is 2.17. The van der Waals surface area contributed by atoms with Gasteiger partial charge in [0, 0.05) is 19.5 Å². The number of ether oxygens (including phenoxy) is 1. The second kappa shape index (κ2) is 10.5. The van der Waals surface area contributed by atoms with Crippen molar-refractivity contribution in [3.8, 4) is 5.75 Å². The Morgan fingerprint density at radius 2 is 1.85 bits per heavy atom. The number of imidazole rings is 1. The Labute approximate surface area is 191 Å². The van der Waals surface area contributed by atoms with Gasteiger partial charge in [0.1, 0.15) is 18.1 Å². The van der Waals surface area contributed by atoms with Crippen LogP contribution in [0.3, 0.4) is 0 Å². The maximum Gasteiger partial charge on any atom is 0.286 e. The standard InChI is InChI=1S/C25H26N4O4/c1-32-19-12-10-18(11-13-19)16-27-24(30)17-29-21-7-3-2-6-20(21)28-23(29)9-4-14-26-25(31)22-8-5-15-33-22/h2-3,5-8,10-13,15H,4,9,14,16-17H2,1H3,(H,26,31)(H,27,30). The van der Waals surface area contributed by atoms with Crippen molar-refractivity contribution in [1.29, 1.82) is 0 Å². The normalized spacial score (nSPS) is 10.8. The van der Waals surface area contributed by atoms with Crippen LogP contribution in [-0.4, -0.2) is 35.0 Å². The monoisotopic (exact) mass is 446 g/mol. The lowest BCUT2D eigenvalue weighted by Gasteiger charge is -2.11. The van der Waals surface area contributed by atoms with Crippen LogP contribution in [-0.2, 0) is 24.3 Å². The molecule has 0 atom stereocenters. The van der Waals surface area contributed by atoms with E-state index in [1.165, 1.54) is 6.26 Å². The van der Waals surface area contributed by atoms with Crippen molar-refractivity contribution < 1.29 is 18.7 Å². The Kier molecular flexibility index (Phi) is 7.04. The highest BCUT2D eigenvalue weighted by Gasteiger charge is 2.14. The van der Waals surface area contributed by atoms with Gasteiger partial charge in [0.15, 0.2) is 5.76 Å². The summed E-state index contributed by atoms with van der Waals surface area (Å²) in [7, 11) is 1.62. The molecular weight excluding hydrogens is 420 g/mol. The molecule has 0 aliphatic heterocycles. The van der Waals surface area contributed by atoms with E-state index in [1.54, 1.807) is 19.2 Å². The first-order valence-electron chi connectivity index (χ1n) is 10.8. The summed E-state index contributed by atoms with van der Waals surface area (Å²) < 4.78 is 12.2. The molecule has 0 spiro atoms. The molecule has 2 heterocycles. The number of amides is 2. The second-order valence-corrected chi connectivity index (χ2v) is 7.56. The van der Waals surface area contributed by atoms with E-state index in [1.807, 2.05) is 53.1 Å². The zero-order valence-corrected chi connectivity index (χ0v) is 18.4. The number of nitrogens with one attached hydrogen (secondary N) is 2. The summed E-state index contributed by atoms with van der Waals surface area (Å²) in [6, 6.07) is 18.6. The summed E-state index contributed by atoms with van der Waals surface area (Å²) in [5.41, 5.74) is 2.74. The number of methoxy groups -OCH3 is 1. The molecule has 0 saturated heterocycles. The minimum Gasteiger partial charge on any atom is -0.497 e. The fraction of sp³-hybridized carbons (Fsp3) is 0.240. The Balaban J connectivity index is 1.36. The Bertz CT molecular complexity index is 1210. The summed E-state index contributed by atoms with van der Waals surface area (Å²) in [6.45, 7) is 1.08. The Hall–Kier alpha value is -4.07. The Morgan fingerprint density at radius 1 is 1.03 bits per heavy atom. The van der Waals surface area contributed by atoms with Crippen molar-refractivity contribution in [2.75, 3.05) is 13.7 Å². The lowest BCUT2D eigenvalue weighted by Crippen LogP contribution is -2.28. The number of aryl methyl sites for hydroxylation is 1. The van der Waals surface area contributed by atoms with Gasteiger partial charge in [0.25, 0.3) is 5.91 Å². The minimum absolute atomic E-state index is 0.0960. The van der Waals surface area contributed by atoms with Crippen molar-refractivity contribution in [3.63, 3.8) is 0 Å². The van der Waals surface area contributed by atoms with Crippen molar-refractivity contribution in [2.45, 2.75) is 25.9 Å². The third-order valence-electron chi connectivity index (χ3n) is 5.29. The molecule has 0 aliphatic rings. The number of aromatic nitrogens is 2. The third kappa shape index (κ3) is 5.60. The maximum absolute atomic E-state index is 12.7. The summed E-state index contributed by atoms with van der Waals surface area (Å²) in [5, 5.41) is 5.81. The zero-order valence-electron chi connectivity index (χ0n) is 18.4. The van der Waals surface area contributed by atoms with E-state index in [4.69, 9.17) is 14.1 Å². The number of carbonyl (C=O) groups excluding carboxylic acids is 2. The molecule has 4 rings (SSSR count). The van der Waals surface area contributed by atoms with Crippen molar-refractivity contribution in [2.24, 2.45) is 0 Å². The number of furan rings is 1. The van der Waals surface area contributed by atoms with E-state index >= 15 is 0 Å². The van der Waals surface area contributed by atoms with Crippen LogP contribution in [0.5, 0.6) is 5.75 Å². The van der Waals surface area contributed by atoms with Crippen LogP contribution in [0.4, 0.5) is 0 Å². The van der Waals surface area contributed by atoms with Crippen LogP contribution in [0.2, 0.25) is 0 Å². The maximum atomic E-state index is 12.7. The molecule has 33 heavy (non-hydrogen) atoms. The number of rotatable bonds is 10. The van der Waals surface area contributed by atoms with Gasteiger partial charge in [-0.05, 0) is 48.4 Å². The number of benzene rings is 2. The van der Waals surface area contributed by atoms with E-state index in [9.17, 15) is 9.59 Å². The van der Waals surface area contributed by atoms with Gasteiger partial charge in [-0.25, -0.2) is 4.98 Å². The molecule has 0 bridgehead atoms. The van der Waals surface area contributed by atoms with Crippen molar-refractivity contribution in [3.05, 3.63) is 84.1 Å².